The number of rotatable bonds is 9. The summed E-state index contributed by atoms with van der Waals surface area (Å²) in [5.41, 5.74) is 3.14. The lowest BCUT2D eigenvalue weighted by atomic mass is 10.0. The topological polar surface area (TPSA) is 82.1 Å². The number of imide groups is 1. The summed E-state index contributed by atoms with van der Waals surface area (Å²) in [7, 11) is 1.48. The molecular weight excluding hydrogens is 502 g/mol. The molecule has 0 aliphatic carbocycles. The minimum Gasteiger partial charge on any atom is -0.493 e. The Bertz CT molecular complexity index is 1380. The van der Waals surface area contributed by atoms with Crippen LogP contribution in [0.4, 0.5) is 4.79 Å². The van der Waals surface area contributed by atoms with Crippen molar-refractivity contribution in [3.63, 3.8) is 0 Å². The summed E-state index contributed by atoms with van der Waals surface area (Å²) >= 11 is 0.864. The number of ether oxygens (including phenoxy) is 3. The number of benzene rings is 3. The van der Waals surface area contributed by atoms with Crippen LogP contribution in [-0.4, -0.2) is 42.3 Å². The van der Waals surface area contributed by atoms with Crippen LogP contribution in [0.25, 0.3) is 6.08 Å². The molecule has 0 saturated carbocycles. The van der Waals surface area contributed by atoms with Crippen LogP contribution in [0.15, 0.2) is 71.6 Å². The third-order valence-electron chi connectivity index (χ3n) is 5.93. The Morgan fingerprint density at radius 3 is 2.45 bits per heavy atom. The van der Waals surface area contributed by atoms with Gasteiger partial charge in [0.2, 0.25) is 0 Å². The first-order chi connectivity index (χ1) is 18.3. The number of esters is 1. The number of carbonyl (C=O) groups is 3. The molecule has 0 atom stereocenters. The van der Waals surface area contributed by atoms with E-state index in [0.29, 0.717) is 16.9 Å². The average Bonchev–Trinajstić information content (AvgIpc) is 3.16. The zero-order valence-electron chi connectivity index (χ0n) is 21.7. The van der Waals surface area contributed by atoms with E-state index in [-0.39, 0.29) is 35.0 Å². The van der Waals surface area contributed by atoms with Crippen molar-refractivity contribution in [3.8, 4) is 17.2 Å². The van der Waals surface area contributed by atoms with Gasteiger partial charge in [-0.3, -0.25) is 14.5 Å². The highest BCUT2D eigenvalue weighted by Gasteiger charge is 2.35. The van der Waals surface area contributed by atoms with E-state index < -0.39 is 11.9 Å². The molecule has 1 aliphatic heterocycles. The highest BCUT2D eigenvalue weighted by molar-refractivity contribution is 8.18. The molecule has 8 heteroatoms. The maximum Gasteiger partial charge on any atom is 0.343 e. The molecule has 0 spiro atoms. The van der Waals surface area contributed by atoms with Crippen LogP contribution < -0.4 is 14.2 Å². The lowest BCUT2D eigenvalue weighted by Gasteiger charge is -2.17. The maximum atomic E-state index is 13.0. The van der Waals surface area contributed by atoms with E-state index in [4.69, 9.17) is 14.2 Å². The fraction of sp³-hybridized carbons (Fsp3) is 0.233. The largest absolute Gasteiger partial charge is 0.493 e. The number of hydrogen-bond donors (Lipinski definition) is 0. The molecule has 0 bridgehead atoms. The van der Waals surface area contributed by atoms with Gasteiger partial charge in [0.05, 0.1) is 24.1 Å². The van der Waals surface area contributed by atoms with Crippen LogP contribution in [0.3, 0.4) is 0 Å². The van der Waals surface area contributed by atoms with Gasteiger partial charge >= 0.3 is 5.97 Å². The normalized spacial score (nSPS) is 14.3. The molecule has 0 aromatic heterocycles. The van der Waals surface area contributed by atoms with Crippen molar-refractivity contribution in [2.45, 2.75) is 26.7 Å². The molecule has 0 N–H and O–H groups in total. The summed E-state index contributed by atoms with van der Waals surface area (Å²) in [5.74, 6) is 0.701. The summed E-state index contributed by atoms with van der Waals surface area (Å²) in [6.45, 7) is 6.50. The lowest BCUT2D eigenvalue weighted by molar-refractivity contribution is -0.123. The molecule has 1 saturated heterocycles. The van der Waals surface area contributed by atoms with E-state index in [9.17, 15) is 14.4 Å². The Morgan fingerprint density at radius 2 is 1.74 bits per heavy atom. The second-order valence-electron chi connectivity index (χ2n) is 9.04. The van der Waals surface area contributed by atoms with Crippen LogP contribution in [0.2, 0.25) is 0 Å². The van der Waals surface area contributed by atoms with E-state index in [1.165, 1.54) is 12.0 Å². The Hall–Kier alpha value is -4.04. The monoisotopic (exact) mass is 531 g/mol. The molecule has 3 aromatic rings. The van der Waals surface area contributed by atoms with E-state index in [0.717, 1.165) is 28.6 Å². The zero-order chi connectivity index (χ0) is 27.2. The van der Waals surface area contributed by atoms with Gasteiger partial charge in [-0.25, -0.2) is 4.79 Å². The van der Waals surface area contributed by atoms with Gasteiger partial charge in [-0.05, 0) is 77.7 Å². The van der Waals surface area contributed by atoms with Gasteiger partial charge < -0.3 is 14.2 Å². The SMILES string of the molecule is COc1ccc(/C=C2\SC(=O)N(CCOc3cc(C)ccc3C(C)C)C2=O)cc1OC(=O)c1ccccc1. The van der Waals surface area contributed by atoms with E-state index >= 15 is 0 Å². The highest BCUT2D eigenvalue weighted by Crippen LogP contribution is 2.35. The highest BCUT2D eigenvalue weighted by atomic mass is 32.2. The molecular formula is C30H29NO6S. The Kier molecular flexibility index (Phi) is 8.53. The molecule has 3 aromatic carbocycles. The Balaban J connectivity index is 1.46. The van der Waals surface area contributed by atoms with Gasteiger partial charge in [0.15, 0.2) is 11.5 Å². The van der Waals surface area contributed by atoms with E-state index in [1.54, 1.807) is 48.5 Å². The second-order valence-corrected chi connectivity index (χ2v) is 10.0. The molecule has 38 heavy (non-hydrogen) atoms. The van der Waals surface area contributed by atoms with Crippen molar-refractivity contribution in [1.82, 2.24) is 4.90 Å². The first kappa shape index (κ1) is 27.0. The van der Waals surface area contributed by atoms with Gasteiger partial charge in [-0.1, -0.05) is 50.2 Å². The molecule has 4 rings (SSSR count). The molecule has 1 heterocycles. The predicted octanol–water partition coefficient (Wildman–Crippen LogP) is 6.46. The fourth-order valence-corrected chi connectivity index (χ4v) is 4.80. The molecule has 196 valence electrons. The van der Waals surface area contributed by atoms with E-state index in [2.05, 4.69) is 13.8 Å². The number of nitrogens with zero attached hydrogens (tertiary/aromatic N) is 1. The third kappa shape index (κ3) is 6.26. The van der Waals surface area contributed by atoms with E-state index in [1.807, 2.05) is 31.2 Å². The van der Waals surface area contributed by atoms with Crippen LogP contribution >= 0.6 is 11.8 Å². The summed E-state index contributed by atoms with van der Waals surface area (Å²) in [6.07, 6.45) is 1.60. The predicted molar refractivity (Wildman–Crippen MR) is 148 cm³/mol. The average molecular weight is 532 g/mol. The van der Waals surface area contributed by atoms with Crippen molar-refractivity contribution in [2.24, 2.45) is 0 Å². The molecule has 0 radical (unpaired) electrons. The maximum absolute atomic E-state index is 13.0. The van der Waals surface area contributed by atoms with Gasteiger partial charge in [0.25, 0.3) is 11.1 Å². The Morgan fingerprint density at radius 1 is 0.974 bits per heavy atom. The molecule has 0 unspecified atom stereocenters. The molecule has 7 nitrogen and oxygen atoms in total. The van der Waals surface area contributed by atoms with Gasteiger partial charge in [0.1, 0.15) is 12.4 Å². The standard InChI is InChI=1S/C30H29NO6S/c1-19(2)23-12-10-20(3)16-25(23)36-15-14-31-28(32)27(38-30(31)34)18-21-11-13-24(35-4)26(17-21)37-29(33)22-8-6-5-7-9-22/h5-13,16-19H,14-15H2,1-4H3/b27-18-. The summed E-state index contributed by atoms with van der Waals surface area (Å²) in [6, 6.07) is 19.6. The Labute approximate surface area is 226 Å². The van der Waals surface area contributed by atoms with Crippen LogP contribution in [-0.2, 0) is 4.79 Å². The second kappa shape index (κ2) is 12.0. The summed E-state index contributed by atoms with van der Waals surface area (Å²) < 4.78 is 16.8. The van der Waals surface area contributed by atoms with Gasteiger partial charge in [-0.15, -0.1) is 0 Å². The van der Waals surface area contributed by atoms with Crippen molar-refractivity contribution < 1.29 is 28.6 Å². The van der Waals surface area contributed by atoms with Gasteiger partial charge in [0, 0.05) is 0 Å². The number of amides is 2. The van der Waals surface area contributed by atoms with Crippen LogP contribution in [0, 0.1) is 6.92 Å². The molecule has 1 fully saturated rings. The lowest BCUT2D eigenvalue weighted by Crippen LogP contribution is -2.32. The molecule has 1 aliphatic rings. The smallest absolute Gasteiger partial charge is 0.343 e. The van der Waals surface area contributed by atoms with Crippen LogP contribution in [0.5, 0.6) is 17.2 Å². The summed E-state index contributed by atoms with van der Waals surface area (Å²) in [5, 5.41) is -0.359. The number of carbonyl (C=O) groups excluding carboxylic acids is 3. The zero-order valence-corrected chi connectivity index (χ0v) is 22.5. The quantitative estimate of drug-likeness (QED) is 0.178. The van der Waals surface area contributed by atoms with Crippen molar-refractivity contribution in [2.75, 3.05) is 20.3 Å². The van der Waals surface area contributed by atoms with Gasteiger partial charge in [-0.2, -0.15) is 0 Å². The fourth-order valence-electron chi connectivity index (χ4n) is 3.93. The van der Waals surface area contributed by atoms with Crippen molar-refractivity contribution in [1.29, 1.82) is 0 Å². The first-order valence-corrected chi connectivity index (χ1v) is 13.0. The van der Waals surface area contributed by atoms with Crippen molar-refractivity contribution in [3.05, 3.63) is 93.9 Å². The number of aryl methyl sites for hydroxylation is 1. The number of hydrogen-bond acceptors (Lipinski definition) is 7. The minimum absolute atomic E-state index is 0.135. The third-order valence-corrected chi connectivity index (χ3v) is 6.84. The minimum atomic E-state index is -0.532. The molecule has 2 amide bonds. The van der Waals surface area contributed by atoms with Crippen molar-refractivity contribution >= 4 is 35.0 Å². The number of thioether (sulfide) groups is 1. The summed E-state index contributed by atoms with van der Waals surface area (Å²) in [4.78, 5) is 39.6. The van der Waals surface area contributed by atoms with Crippen LogP contribution in [0.1, 0.15) is 46.8 Å². The first-order valence-electron chi connectivity index (χ1n) is 12.2. The number of methoxy groups -OCH3 is 1.